The van der Waals surface area contributed by atoms with E-state index in [9.17, 15) is 8.42 Å². The fraction of sp³-hybridized carbons (Fsp3) is 1.00. The molecule has 2 heterocycles. The Balaban J connectivity index is 2.18. The van der Waals surface area contributed by atoms with Gasteiger partial charge < -0.3 is 5.73 Å². The average molecular weight is 232 g/mol. The van der Waals surface area contributed by atoms with Gasteiger partial charge in [0.1, 0.15) is 0 Å². The Morgan fingerprint density at radius 3 is 2.67 bits per heavy atom. The highest BCUT2D eigenvalue weighted by Crippen LogP contribution is 2.37. The minimum atomic E-state index is -2.84. The lowest BCUT2D eigenvalue weighted by molar-refractivity contribution is 0.179. The van der Waals surface area contributed by atoms with Gasteiger partial charge in [0.2, 0.25) is 0 Å². The van der Waals surface area contributed by atoms with Gasteiger partial charge in [-0.05, 0) is 12.3 Å². The van der Waals surface area contributed by atoms with Crippen molar-refractivity contribution < 1.29 is 8.42 Å². The molecule has 2 aliphatic rings. The lowest BCUT2D eigenvalue weighted by atomic mass is 10.1. The summed E-state index contributed by atoms with van der Waals surface area (Å²) >= 11 is 0. The van der Waals surface area contributed by atoms with E-state index in [0.29, 0.717) is 18.2 Å². The third kappa shape index (κ3) is 1.81. The first-order valence-corrected chi connectivity index (χ1v) is 7.34. The van der Waals surface area contributed by atoms with E-state index < -0.39 is 9.84 Å². The van der Waals surface area contributed by atoms with Crippen LogP contribution in [0.5, 0.6) is 0 Å². The lowest BCUT2D eigenvalue weighted by Crippen LogP contribution is -2.52. The van der Waals surface area contributed by atoms with Crippen molar-refractivity contribution in [2.24, 2.45) is 11.7 Å². The van der Waals surface area contributed by atoms with Crippen LogP contribution in [-0.4, -0.2) is 49.5 Å². The number of hydrogen-bond acceptors (Lipinski definition) is 4. The van der Waals surface area contributed by atoms with Crippen molar-refractivity contribution in [1.29, 1.82) is 0 Å². The Bertz CT molecular complexity index is 339. The maximum Gasteiger partial charge on any atom is 0.156 e. The highest BCUT2D eigenvalue weighted by Gasteiger charge is 2.53. The molecular weight excluding hydrogens is 212 g/mol. The van der Waals surface area contributed by atoms with Crippen molar-refractivity contribution in [1.82, 2.24) is 4.90 Å². The molecule has 0 radical (unpaired) electrons. The third-order valence-electron chi connectivity index (χ3n) is 3.53. The van der Waals surface area contributed by atoms with Crippen LogP contribution in [0.15, 0.2) is 0 Å². The largest absolute Gasteiger partial charge is 0.329 e. The van der Waals surface area contributed by atoms with E-state index in [1.807, 2.05) is 0 Å². The summed E-state index contributed by atoms with van der Waals surface area (Å²) < 4.78 is 23.5. The molecule has 2 N–H and O–H groups in total. The molecule has 2 bridgehead atoms. The standard InChI is InChI=1S/C10H20N2O2S/c1-7(2)5-12-8-3-10(9(12)4-11)15(13,14)6-8/h7-10H,3-6,11H2,1-2H3. The van der Waals surface area contributed by atoms with Crippen LogP contribution in [-0.2, 0) is 9.84 Å². The maximum absolute atomic E-state index is 11.7. The van der Waals surface area contributed by atoms with E-state index in [4.69, 9.17) is 5.73 Å². The van der Waals surface area contributed by atoms with Crippen LogP contribution in [0.3, 0.4) is 0 Å². The number of nitrogens with zero attached hydrogens (tertiary/aromatic N) is 1. The summed E-state index contributed by atoms with van der Waals surface area (Å²) in [5, 5.41) is -0.189. The minimum Gasteiger partial charge on any atom is -0.329 e. The van der Waals surface area contributed by atoms with Crippen molar-refractivity contribution in [3.05, 3.63) is 0 Å². The lowest BCUT2D eigenvalue weighted by Gasteiger charge is -2.35. The van der Waals surface area contributed by atoms with Gasteiger partial charge in [-0.1, -0.05) is 13.8 Å². The molecular formula is C10H20N2O2S. The number of fused-ring (bicyclic) bond motifs is 2. The first kappa shape index (κ1) is 11.4. The summed E-state index contributed by atoms with van der Waals surface area (Å²) in [6.07, 6.45) is 0.802. The first-order chi connectivity index (χ1) is 6.95. The molecule has 0 amide bonds. The quantitative estimate of drug-likeness (QED) is 0.734. The predicted octanol–water partition coefficient (Wildman–Crippen LogP) is -0.159. The van der Waals surface area contributed by atoms with Crippen LogP contribution < -0.4 is 5.73 Å². The van der Waals surface area contributed by atoms with Crippen molar-refractivity contribution in [3.8, 4) is 0 Å². The van der Waals surface area contributed by atoms with Crippen LogP contribution >= 0.6 is 0 Å². The molecule has 3 unspecified atom stereocenters. The van der Waals surface area contributed by atoms with Gasteiger partial charge in [0.15, 0.2) is 9.84 Å². The molecule has 4 nitrogen and oxygen atoms in total. The molecule has 0 spiro atoms. The van der Waals surface area contributed by atoms with Gasteiger partial charge in [0.05, 0.1) is 11.0 Å². The molecule has 2 saturated heterocycles. The molecule has 0 aromatic heterocycles. The van der Waals surface area contributed by atoms with Gasteiger partial charge in [-0.3, -0.25) is 4.90 Å². The van der Waals surface area contributed by atoms with Gasteiger partial charge in [-0.15, -0.1) is 0 Å². The second-order valence-corrected chi connectivity index (χ2v) is 7.42. The molecule has 0 aliphatic carbocycles. The molecule has 2 fully saturated rings. The highest BCUT2D eigenvalue weighted by molar-refractivity contribution is 7.92. The SMILES string of the molecule is CC(C)CN1C2CC(C1CN)S(=O)(=O)C2. The first-order valence-electron chi connectivity index (χ1n) is 5.63. The number of likely N-dealkylation sites (tertiary alicyclic amines) is 1. The molecule has 0 aromatic rings. The summed E-state index contributed by atoms with van der Waals surface area (Å²) in [5.41, 5.74) is 5.70. The van der Waals surface area contributed by atoms with E-state index in [1.54, 1.807) is 0 Å². The van der Waals surface area contributed by atoms with Crippen molar-refractivity contribution in [2.45, 2.75) is 37.6 Å². The number of rotatable bonds is 3. The molecule has 15 heavy (non-hydrogen) atoms. The molecule has 2 aliphatic heterocycles. The second-order valence-electron chi connectivity index (χ2n) is 5.15. The Labute approximate surface area is 91.7 Å². The van der Waals surface area contributed by atoms with Crippen molar-refractivity contribution in [3.63, 3.8) is 0 Å². The summed E-state index contributed by atoms with van der Waals surface area (Å²) in [4.78, 5) is 2.32. The Morgan fingerprint density at radius 1 is 1.47 bits per heavy atom. The van der Waals surface area contributed by atoms with E-state index in [-0.39, 0.29) is 17.3 Å². The number of nitrogens with two attached hydrogens (primary N) is 1. The predicted molar refractivity (Wildman–Crippen MR) is 60.4 cm³/mol. The average Bonchev–Trinajstić information content (AvgIpc) is 2.57. The zero-order chi connectivity index (χ0) is 11.2. The Hall–Kier alpha value is -0.130. The Morgan fingerprint density at radius 2 is 2.13 bits per heavy atom. The van der Waals surface area contributed by atoms with Crippen LogP contribution in [0, 0.1) is 5.92 Å². The van der Waals surface area contributed by atoms with Gasteiger partial charge >= 0.3 is 0 Å². The minimum absolute atomic E-state index is 0.0659. The van der Waals surface area contributed by atoms with E-state index in [2.05, 4.69) is 18.7 Å². The van der Waals surface area contributed by atoms with Crippen LogP contribution in [0.1, 0.15) is 20.3 Å². The number of sulfone groups is 1. The van der Waals surface area contributed by atoms with Crippen LogP contribution in [0.25, 0.3) is 0 Å². The molecule has 0 aromatic carbocycles. The van der Waals surface area contributed by atoms with Gasteiger partial charge in [-0.2, -0.15) is 0 Å². The summed E-state index contributed by atoms with van der Waals surface area (Å²) in [5.74, 6) is 0.919. The van der Waals surface area contributed by atoms with E-state index in [0.717, 1.165) is 13.0 Å². The van der Waals surface area contributed by atoms with Crippen molar-refractivity contribution in [2.75, 3.05) is 18.8 Å². The summed E-state index contributed by atoms with van der Waals surface area (Å²) in [6, 6.07) is 0.298. The fourth-order valence-electron chi connectivity index (χ4n) is 2.98. The molecule has 88 valence electrons. The smallest absolute Gasteiger partial charge is 0.156 e. The molecule has 3 atom stereocenters. The molecule has 2 rings (SSSR count). The van der Waals surface area contributed by atoms with Crippen LogP contribution in [0.2, 0.25) is 0 Å². The van der Waals surface area contributed by atoms with Crippen molar-refractivity contribution >= 4 is 9.84 Å². The van der Waals surface area contributed by atoms with Crippen LogP contribution in [0.4, 0.5) is 0 Å². The van der Waals surface area contributed by atoms with Gasteiger partial charge in [0, 0.05) is 25.2 Å². The zero-order valence-electron chi connectivity index (χ0n) is 9.39. The maximum atomic E-state index is 11.7. The van der Waals surface area contributed by atoms with Gasteiger partial charge in [0.25, 0.3) is 0 Å². The molecule has 0 saturated carbocycles. The second kappa shape index (κ2) is 3.71. The summed E-state index contributed by atoms with van der Waals surface area (Å²) in [6.45, 7) is 5.76. The summed E-state index contributed by atoms with van der Waals surface area (Å²) in [7, 11) is -2.84. The normalized spacial score (nSPS) is 39.1. The number of hydrogen-bond donors (Lipinski definition) is 1. The fourth-order valence-corrected chi connectivity index (χ4v) is 5.35. The topological polar surface area (TPSA) is 63.4 Å². The van der Waals surface area contributed by atoms with E-state index in [1.165, 1.54) is 0 Å². The zero-order valence-corrected chi connectivity index (χ0v) is 10.2. The molecule has 5 heteroatoms. The monoisotopic (exact) mass is 232 g/mol. The Kier molecular flexibility index (Phi) is 2.81. The third-order valence-corrected chi connectivity index (χ3v) is 5.81. The highest BCUT2D eigenvalue weighted by atomic mass is 32.2. The van der Waals surface area contributed by atoms with E-state index >= 15 is 0 Å². The van der Waals surface area contributed by atoms with Gasteiger partial charge in [-0.25, -0.2) is 8.42 Å².